The first kappa shape index (κ1) is 17.3. The Kier molecular flexibility index (Phi) is 5.14. The summed E-state index contributed by atoms with van der Waals surface area (Å²) in [6.07, 6.45) is 1.56. The van der Waals surface area contributed by atoms with Gasteiger partial charge in [0.15, 0.2) is 0 Å². The number of amides is 1. The first-order chi connectivity index (χ1) is 13.3. The topological polar surface area (TPSA) is 71.3 Å². The number of hydrogen-bond acceptors (Lipinski definition) is 5. The summed E-state index contributed by atoms with van der Waals surface area (Å²) in [5.41, 5.74) is 2.02. The number of anilines is 1. The van der Waals surface area contributed by atoms with Crippen molar-refractivity contribution in [2.45, 2.75) is 19.4 Å². The highest BCUT2D eigenvalue weighted by Crippen LogP contribution is 2.25. The van der Waals surface area contributed by atoms with Crippen LogP contribution in [0.4, 0.5) is 6.01 Å². The predicted molar refractivity (Wildman–Crippen MR) is 103 cm³/mol. The molecule has 1 N–H and O–H groups in total. The standard InChI is InChI=1S/C21H22N4O2/c26-19(22-15-16-7-3-1-4-8-16)17-11-13-25(14-12-17)21-24-23-20(27-21)18-9-5-2-6-10-18/h1-10,17H,11-15H2,(H,22,26). The molecule has 1 saturated heterocycles. The maximum atomic E-state index is 12.4. The SMILES string of the molecule is O=C(NCc1ccccc1)C1CCN(c2nnc(-c3ccccc3)o2)CC1. The summed E-state index contributed by atoms with van der Waals surface area (Å²) in [5, 5.41) is 11.4. The average Bonchev–Trinajstić information content (AvgIpc) is 3.24. The highest BCUT2D eigenvalue weighted by molar-refractivity contribution is 5.78. The van der Waals surface area contributed by atoms with Crippen molar-refractivity contribution in [3.8, 4) is 11.5 Å². The van der Waals surface area contributed by atoms with Crippen molar-refractivity contribution in [2.75, 3.05) is 18.0 Å². The van der Waals surface area contributed by atoms with Gasteiger partial charge in [0, 0.05) is 31.1 Å². The van der Waals surface area contributed by atoms with E-state index in [1.807, 2.05) is 60.7 Å². The summed E-state index contributed by atoms with van der Waals surface area (Å²) in [4.78, 5) is 14.5. The normalized spacial score (nSPS) is 14.9. The molecule has 1 amide bonds. The largest absolute Gasteiger partial charge is 0.403 e. The van der Waals surface area contributed by atoms with Crippen LogP contribution in [0, 0.1) is 5.92 Å². The zero-order valence-electron chi connectivity index (χ0n) is 15.0. The Labute approximate surface area is 158 Å². The highest BCUT2D eigenvalue weighted by atomic mass is 16.4. The van der Waals surface area contributed by atoms with Crippen LogP contribution < -0.4 is 10.2 Å². The Morgan fingerprint density at radius 3 is 2.37 bits per heavy atom. The molecule has 6 nitrogen and oxygen atoms in total. The summed E-state index contributed by atoms with van der Waals surface area (Å²) in [5.74, 6) is 0.670. The van der Waals surface area contributed by atoms with Crippen molar-refractivity contribution < 1.29 is 9.21 Å². The van der Waals surface area contributed by atoms with Crippen LogP contribution in [0.5, 0.6) is 0 Å². The average molecular weight is 362 g/mol. The minimum atomic E-state index is 0.0291. The van der Waals surface area contributed by atoms with Gasteiger partial charge in [-0.25, -0.2) is 0 Å². The molecule has 0 radical (unpaired) electrons. The fraction of sp³-hybridized carbons (Fsp3) is 0.286. The zero-order chi connectivity index (χ0) is 18.5. The molecule has 3 aromatic rings. The lowest BCUT2D eigenvalue weighted by Crippen LogP contribution is -2.40. The van der Waals surface area contributed by atoms with Gasteiger partial charge in [-0.1, -0.05) is 53.6 Å². The maximum Gasteiger partial charge on any atom is 0.318 e. The van der Waals surface area contributed by atoms with Gasteiger partial charge in [-0.15, -0.1) is 5.10 Å². The third-order valence-electron chi connectivity index (χ3n) is 4.88. The molecule has 0 aliphatic carbocycles. The minimum Gasteiger partial charge on any atom is -0.403 e. The third-order valence-corrected chi connectivity index (χ3v) is 4.88. The minimum absolute atomic E-state index is 0.0291. The number of piperidine rings is 1. The molecule has 0 spiro atoms. The third kappa shape index (κ3) is 4.16. The van der Waals surface area contributed by atoms with Gasteiger partial charge in [0.05, 0.1) is 0 Å². The molecule has 0 bridgehead atoms. The first-order valence-corrected chi connectivity index (χ1v) is 9.25. The van der Waals surface area contributed by atoms with Crippen molar-refractivity contribution in [1.29, 1.82) is 0 Å². The molecule has 1 aliphatic heterocycles. The lowest BCUT2D eigenvalue weighted by molar-refractivity contribution is -0.125. The maximum absolute atomic E-state index is 12.4. The van der Waals surface area contributed by atoms with Gasteiger partial charge < -0.3 is 14.6 Å². The molecule has 4 rings (SSSR count). The molecular formula is C21H22N4O2. The molecule has 27 heavy (non-hydrogen) atoms. The van der Waals surface area contributed by atoms with E-state index in [9.17, 15) is 4.79 Å². The van der Waals surface area contributed by atoms with Gasteiger partial charge in [0.2, 0.25) is 11.8 Å². The van der Waals surface area contributed by atoms with E-state index in [0.717, 1.165) is 37.1 Å². The number of carbonyl (C=O) groups is 1. The van der Waals surface area contributed by atoms with E-state index in [1.54, 1.807) is 0 Å². The van der Waals surface area contributed by atoms with Crippen molar-refractivity contribution in [2.24, 2.45) is 5.92 Å². The van der Waals surface area contributed by atoms with Crippen LogP contribution in [0.3, 0.4) is 0 Å². The number of nitrogens with one attached hydrogen (secondary N) is 1. The van der Waals surface area contributed by atoms with Crippen LogP contribution in [0.15, 0.2) is 65.1 Å². The zero-order valence-corrected chi connectivity index (χ0v) is 15.0. The van der Waals surface area contributed by atoms with Crippen LogP contribution in [0.2, 0.25) is 0 Å². The molecule has 1 aliphatic rings. The number of aromatic nitrogens is 2. The lowest BCUT2D eigenvalue weighted by atomic mass is 9.96. The van der Waals surface area contributed by atoms with Gasteiger partial charge in [-0.2, -0.15) is 0 Å². The van der Waals surface area contributed by atoms with E-state index in [4.69, 9.17) is 4.42 Å². The van der Waals surface area contributed by atoms with Gasteiger partial charge in [-0.3, -0.25) is 4.79 Å². The molecule has 1 fully saturated rings. The van der Waals surface area contributed by atoms with Crippen LogP contribution in [0.25, 0.3) is 11.5 Å². The molecule has 0 atom stereocenters. The summed E-state index contributed by atoms with van der Waals surface area (Å²) < 4.78 is 5.81. The van der Waals surface area contributed by atoms with Crippen molar-refractivity contribution in [3.63, 3.8) is 0 Å². The number of hydrogen-bond donors (Lipinski definition) is 1. The second-order valence-corrected chi connectivity index (χ2v) is 6.72. The van der Waals surface area contributed by atoms with E-state index in [2.05, 4.69) is 20.4 Å². The van der Waals surface area contributed by atoms with Crippen LogP contribution in [-0.4, -0.2) is 29.2 Å². The van der Waals surface area contributed by atoms with Crippen molar-refractivity contribution in [1.82, 2.24) is 15.5 Å². The molecule has 0 saturated carbocycles. The Bertz CT molecular complexity index is 871. The Hall–Kier alpha value is -3.15. The van der Waals surface area contributed by atoms with Gasteiger partial charge in [0.25, 0.3) is 0 Å². The van der Waals surface area contributed by atoms with Gasteiger partial charge >= 0.3 is 6.01 Å². The van der Waals surface area contributed by atoms with E-state index in [0.29, 0.717) is 18.5 Å². The summed E-state index contributed by atoms with van der Waals surface area (Å²) >= 11 is 0. The summed E-state index contributed by atoms with van der Waals surface area (Å²) in [6, 6.07) is 20.2. The molecule has 138 valence electrons. The fourth-order valence-electron chi connectivity index (χ4n) is 3.30. The van der Waals surface area contributed by atoms with Crippen LogP contribution in [0.1, 0.15) is 18.4 Å². The molecule has 2 heterocycles. The van der Waals surface area contributed by atoms with E-state index >= 15 is 0 Å². The molecular weight excluding hydrogens is 340 g/mol. The molecule has 6 heteroatoms. The number of benzene rings is 2. The van der Waals surface area contributed by atoms with Crippen LogP contribution >= 0.6 is 0 Å². The summed E-state index contributed by atoms with van der Waals surface area (Å²) in [7, 11) is 0. The highest BCUT2D eigenvalue weighted by Gasteiger charge is 2.27. The van der Waals surface area contributed by atoms with Gasteiger partial charge in [-0.05, 0) is 30.5 Å². The summed E-state index contributed by atoms with van der Waals surface area (Å²) in [6.45, 7) is 2.05. The monoisotopic (exact) mass is 362 g/mol. The fourth-order valence-corrected chi connectivity index (χ4v) is 3.30. The quantitative estimate of drug-likeness (QED) is 0.754. The van der Waals surface area contributed by atoms with E-state index in [1.165, 1.54) is 0 Å². The Balaban J connectivity index is 1.30. The Morgan fingerprint density at radius 1 is 1.00 bits per heavy atom. The van der Waals surface area contributed by atoms with E-state index < -0.39 is 0 Å². The smallest absolute Gasteiger partial charge is 0.318 e. The van der Waals surface area contributed by atoms with Crippen molar-refractivity contribution >= 4 is 11.9 Å². The van der Waals surface area contributed by atoms with Crippen LogP contribution in [-0.2, 0) is 11.3 Å². The number of rotatable bonds is 5. The predicted octanol–water partition coefficient (Wildman–Crippen LogP) is 3.27. The van der Waals surface area contributed by atoms with Gasteiger partial charge in [0.1, 0.15) is 0 Å². The lowest BCUT2D eigenvalue weighted by Gasteiger charge is -2.29. The second-order valence-electron chi connectivity index (χ2n) is 6.72. The van der Waals surface area contributed by atoms with Crippen molar-refractivity contribution in [3.05, 3.63) is 66.2 Å². The number of carbonyl (C=O) groups excluding carboxylic acids is 1. The molecule has 1 aromatic heterocycles. The Morgan fingerprint density at radius 2 is 1.67 bits per heavy atom. The molecule has 2 aromatic carbocycles. The second kappa shape index (κ2) is 8.03. The van der Waals surface area contributed by atoms with E-state index in [-0.39, 0.29) is 11.8 Å². The molecule has 0 unspecified atom stereocenters. The first-order valence-electron chi connectivity index (χ1n) is 9.25. The number of nitrogens with zero attached hydrogens (tertiary/aromatic N) is 3.